The summed E-state index contributed by atoms with van der Waals surface area (Å²) in [6.07, 6.45) is 5.72. The number of hydrogen-bond acceptors (Lipinski definition) is 3. The lowest BCUT2D eigenvalue weighted by Gasteiger charge is -2.36. The van der Waals surface area contributed by atoms with Crippen LogP contribution in [-0.4, -0.2) is 37.0 Å². The number of primary amides is 1. The van der Waals surface area contributed by atoms with Gasteiger partial charge in [0.1, 0.15) is 5.83 Å². The number of amides is 1. The van der Waals surface area contributed by atoms with Crippen LogP contribution in [-0.2, 0) is 4.79 Å². The van der Waals surface area contributed by atoms with Crippen LogP contribution in [0.1, 0.15) is 19.3 Å². The van der Waals surface area contributed by atoms with E-state index in [2.05, 4.69) is 5.32 Å². The Morgan fingerprint density at radius 2 is 2.11 bits per heavy atom. The third-order valence-corrected chi connectivity index (χ3v) is 4.49. The molecule has 1 saturated carbocycles. The fraction of sp³-hybridized carbons (Fsp3) is 0.643. The molecule has 1 atom stereocenters. The number of nitrogens with one attached hydrogen (secondary N) is 1. The Labute approximate surface area is 112 Å². The Morgan fingerprint density at radius 3 is 2.63 bits per heavy atom. The van der Waals surface area contributed by atoms with Crippen molar-refractivity contribution in [2.24, 2.45) is 17.1 Å². The number of hydrogen-bond donors (Lipinski definition) is 2. The van der Waals surface area contributed by atoms with Gasteiger partial charge in [-0.15, -0.1) is 0 Å². The van der Waals surface area contributed by atoms with Crippen molar-refractivity contribution in [3.63, 3.8) is 0 Å². The highest BCUT2D eigenvalue weighted by atomic mass is 19.1. The van der Waals surface area contributed by atoms with Crippen LogP contribution in [0.2, 0.25) is 0 Å². The third-order valence-electron chi connectivity index (χ3n) is 4.49. The molecule has 0 bridgehead atoms. The molecule has 2 fully saturated rings. The summed E-state index contributed by atoms with van der Waals surface area (Å²) < 4.78 is 14.4. The second-order valence-corrected chi connectivity index (χ2v) is 5.72. The van der Waals surface area contributed by atoms with E-state index in [-0.39, 0.29) is 24.1 Å². The minimum atomic E-state index is -0.776. The van der Waals surface area contributed by atoms with Gasteiger partial charge in [-0.1, -0.05) is 6.08 Å². The molecule has 3 rings (SSSR count). The molecule has 1 amide bonds. The average molecular weight is 265 g/mol. The van der Waals surface area contributed by atoms with Gasteiger partial charge in [-0.2, -0.15) is 0 Å². The number of nitrogens with two attached hydrogens (primary N) is 1. The standard InChI is InChI=1S/C14H20FN3O/c15-11-9-14(13(16)19,10-1-2-10)4-3-12(11)18-7-5-17-6-8-18/h3-4,10,17H,1-2,5-9H2,(H2,16,19). The Kier molecular flexibility index (Phi) is 3.09. The van der Waals surface area contributed by atoms with Gasteiger partial charge in [-0.05, 0) is 24.8 Å². The van der Waals surface area contributed by atoms with Gasteiger partial charge in [0.05, 0.1) is 11.1 Å². The monoisotopic (exact) mass is 265 g/mol. The lowest BCUT2D eigenvalue weighted by Crippen LogP contribution is -2.44. The first kappa shape index (κ1) is 12.7. The van der Waals surface area contributed by atoms with Crippen LogP contribution in [0.5, 0.6) is 0 Å². The molecule has 1 unspecified atom stereocenters. The molecular formula is C14H20FN3O. The van der Waals surface area contributed by atoms with E-state index >= 15 is 0 Å². The summed E-state index contributed by atoms with van der Waals surface area (Å²) in [7, 11) is 0. The molecule has 104 valence electrons. The predicted octanol–water partition coefficient (Wildman–Crippen LogP) is 0.914. The predicted molar refractivity (Wildman–Crippen MR) is 70.7 cm³/mol. The molecule has 3 aliphatic rings. The third kappa shape index (κ3) is 2.16. The largest absolute Gasteiger partial charge is 0.369 e. The van der Waals surface area contributed by atoms with Crippen molar-refractivity contribution in [2.45, 2.75) is 19.3 Å². The van der Waals surface area contributed by atoms with Crippen molar-refractivity contribution in [2.75, 3.05) is 26.2 Å². The van der Waals surface area contributed by atoms with Gasteiger partial charge < -0.3 is 16.0 Å². The van der Waals surface area contributed by atoms with E-state index in [1.165, 1.54) is 0 Å². The molecule has 1 saturated heterocycles. The van der Waals surface area contributed by atoms with E-state index < -0.39 is 5.41 Å². The van der Waals surface area contributed by atoms with Gasteiger partial charge >= 0.3 is 0 Å². The quantitative estimate of drug-likeness (QED) is 0.797. The minimum Gasteiger partial charge on any atom is -0.369 e. The molecule has 0 aromatic rings. The van der Waals surface area contributed by atoms with Crippen LogP contribution < -0.4 is 11.1 Å². The highest BCUT2D eigenvalue weighted by molar-refractivity contribution is 5.84. The fourth-order valence-corrected chi connectivity index (χ4v) is 3.16. The molecule has 0 radical (unpaired) electrons. The Hall–Kier alpha value is -1.36. The zero-order chi connectivity index (χ0) is 13.5. The van der Waals surface area contributed by atoms with Crippen LogP contribution in [0.3, 0.4) is 0 Å². The van der Waals surface area contributed by atoms with Crippen molar-refractivity contribution in [1.29, 1.82) is 0 Å². The lowest BCUT2D eigenvalue weighted by molar-refractivity contribution is -0.126. The molecular weight excluding hydrogens is 245 g/mol. The van der Waals surface area contributed by atoms with Crippen LogP contribution >= 0.6 is 0 Å². The highest BCUT2D eigenvalue weighted by Gasteiger charge is 2.50. The zero-order valence-corrected chi connectivity index (χ0v) is 11.0. The van der Waals surface area contributed by atoms with E-state index in [0.717, 1.165) is 39.0 Å². The van der Waals surface area contributed by atoms with Crippen LogP contribution in [0.4, 0.5) is 4.39 Å². The summed E-state index contributed by atoms with van der Waals surface area (Å²) in [6, 6.07) is 0. The Balaban J connectivity index is 1.82. The van der Waals surface area contributed by atoms with Crippen molar-refractivity contribution < 1.29 is 9.18 Å². The average Bonchev–Trinajstić information content (AvgIpc) is 3.24. The van der Waals surface area contributed by atoms with E-state index in [0.29, 0.717) is 5.70 Å². The number of allylic oxidation sites excluding steroid dienone is 2. The minimum absolute atomic E-state index is 0.142. The van der Waals surface area contributed by atoms with Crippen molar-refractivity contribution in [1.82, 2.24) is 10.2 Å². The Morgan fingerprint density at radius 1 is 1.42 bits per heavy atom. The van der Waals surface area contributed by atoms with Crippen LogP contribution in [0, 0.1) is 11.3 Å². The molecule has 19 heavy (non-hydrogen) atoms. The van der Waals surface area contributed by atoms with Gasteiger partial charge in [0.15, 0.2) is 0 Å². The summed E-state index contributed by atoms with van der Waals surface area (Å²) in [5, 5.41) is 3.25. The van der Waals surface area contributed by atoms with Gasteiger partial charge in [-0.3, -0.25) is 4.79 Å². The normalized spacial score (nSPS) is 31.7. The van der Waals surface area contributed by atoms with E-state index in [4.69, 9.17) is 5.73 Å². The first-order valence-corrected chi connectivity index (χ1v) is 6.97. The van der Waals surface area contributed by atoms with Crippen LogP contribution in [0.15, 0.2) is 23.7 Å². The molecule has 0 aromatic heterocycles. The van der Waals surface area contributed by atoms with Crippen molar-refractivity contribution in [3.8, 4) is 0 Å². The maximum Gasteiger partial charge on any atom is 0.228 e. The number of carbonyl (C=O) groups excluding carboxylic acids is 1. The molecule has 1 heterocycles. The summed E-state index contributed by atoms with van der Waals surface area (Å²) >= 11 is 0. The smallest absolute Gasteiger partial charge is 0.228 e. The van der Waals surface area contributed by atoms with E-state index in [9.17, 15) is 9.18 Å². The summed E-state index contributed by atoms with van der Waals surface area (Å²) in [5.74, 6) is -0.340. The summed E-state index contributed by atoms with van der Waals surface area (Å²) in [6.45, 7) is 3.35. The molecule has 3 N–H and O–H groups in total. The Bertz CT molecular complexity index is 450. The van der Waals surface area contributed by atoms with E-state index in [1.807, 2.05) is 11.0 Å². The van der Waals surface area contributed by atoms with E-state index in [1.54, 1.807) is 6.08 Å². The molecule has 2 aliphatic carbocycles. The number of carbonyl (C=O) groups is 1. The summed E-state index contributed by atoms with van der Waals surface area (Å²) in [4.78, 5) is 13.8. The maximum absolute atomic E-state index is 14.4. The maximum atomic E-state index is 14.4. The molecule has 4 nitrogen and oxygen atoms in total. The topological polar surface area (TPSA) is 58.4 Å². The zero-order valence-electron chi connectivity index (χ0n) is 11.0. The van der Waals surface area contributed by atoms with Gasteiger partial charge in [0.25, 0.3) is 0 Å². The second kappa shape index (κ2) is 4.63. The van der Waals surface area contributed by atoms with Crippen LogP contribution in [0.25, 0.3) is 0 Å². The summed E-state index contributed by atoms with van der Waals surface area (Å²) in [5.41, 5.74) is 5.39. The molecule has 5 heteroatoms. The SMILES string of the molecule is NC(=O)C1(C2CC2)C=CC(N2CCNCC2)=C(F)C1. The first-order valence-electron chi connectivity index (χ1n) is 6.97. The highest BCUT2D eigenvalue weighted by Crippen LogP contribution is 2.52. The molecule has 0 aromatic carbocycles. The van der Waals surface area contributed by atoms with Crippen molar-refractivity contribution >= 4 is 5.91 Å². The van der Waals surface area contributed by atoms with Gasteiger partial charge in [-0.25, -0.2) is 4.39 Å². The number of halogens is 1. The molecule has 0 spiro atoms. The second-order valence-electron chi connectivity index (χ2n) is 5.72. The van der Waals surface area contributed by atoms with Gasteiger partial charge in [0.2, 0.25) is 5.91 Å². The number of piperazine rings is 1. The van der Waals surface area contributed by atoms with Crippen molar-refractivity contribution in [3.05, 3.63) is 23.7 Å². The lowest BCUT2D eigenvalue weighted by atomic mass is 9.75. The fourth-order valence-electron chi connectivity index (χ4n) is 3.16. The number of rotatable bonds is 3. The first-order chi connectivity index (χ1) is 9.13. The van der Waals surface area contributed by atoms with Gasteiger partial charge in [0, 0.05) is 32.6 Å². The number of nitrogens with zero attached hydrogens (tertiary/aromatic N) is 1. The molecule has 1 aliphatic heterocycles.